The highest BCUT2D eigenvalue weighted by Gasteiger charge is 2.30. The standard InChI is InChI=1S/C22H41N7O8/c23-11-3-1-5-14(20(34)29-16(22(36)37)6-2-4-12-24)28-21(35)15(8-10-18(31)32)27-19(33)13(25)7-9-17(26)30/h13-16H,1-12,23-25H2,(H2,26,30)(H,27,33)(H,28,35)(H,29,34)(H,31,32)(H,36,37). The number of nitrogens with one attached hydrogen (secondary N) is 3. The number of unbranched alkanes of at least 4 members (excludes halogenated alkanes) is 2. The second-order valence-electron chi connectivity index (χ2n) is 8.63. The first kappa shape index (κ1) is 33.7. The molecule has 4 amide bonds. The summed E-state index contributed by atoms with van der Waals surface area (Å²) in [5.74, 6) is -5.52. The van der Waals surface area contributed by atoms with E-state index in [1.54, 1.807) is 0 Å². The Hall–Kier alpha value is -3.30. The van der Waals surface area contributed by atoms with Crippen LogP contribution in [0.25, 0.3) is 0 Å². The van der Waals surface area contributed by atoms with Crippen molar-refractivity contribution in [1.82, 2.24) is 16.0 Å². The van der Waals surface area contributed by atoms with E-state index in [9.17, 15) is 33.9 Å². The van der Waals surface area contributed by atoms with Crippen molar-refractivity contribution in [3.05, 3.63) is 0 Å². The van der Waals surface area contributed by atoms with Crippen molar-refractivity contribution in [3.8, 4) is 0 Å². The maximum Gasteiger partial charge on any atom is 0.326 e. The van der Waals surface area contributed by atoms with E-state index in [0.717, 1.165) is 0 Å². The molecular formula is C22H41N7O8. The molecule has 212 valence electrons. The zero-order valence-corrected chi connectivity index (χ0v) is 20.9. The number of amides is 4. The Labute approximate surface area is 215 Å². The summed E-state index contributed by atoms with van der Waals surface area (Å²) in [6.07, 6.45) is 1.25. The lowest BCUT2D eigenvalue weighted by Crippen LogP contribution is -2.57. The number of aliphatic carboxylic acids is 2. The smallest absolute Gasteiger partial charge is 0.326 e. The van der Waals surface area contributed by atoms with Gasteiger partial charge in [-0.2, -0.15) is 0 Å². The Morgan fingerprint density at radius 1 is 0.622 bits per heavy atom. The SMILES string of the molecule is NCCCCC(NC(=O)C(CCCCN)NC(=O)C(CCC(=O)O)NC(=O)C(N)CCC(N)=O)C(=O)O. The zero-order chi connectivity index (χ0) is 28.4. The van der Waals surface area contributed by atoms with Gasteiger partial charge >= 0.3 is 11.9 Å². The topological polar surface area (TPSA) is 283 Å². The lowest BCUT2D eigenvalue weighted by molar-refractivity contribution is -0.142. The molecule has 37 heavy (non-hydrogen) atoms. The first-order valence-corrected chi connectivity index (χ1v) is 12.2. The predicted octanol–water partition coefficient (Wildman–Crippen LogP) is -2.76. The van der Waals surface area contributed by atoms with E-state index < -0.39 is 66.2 Å². The van der Waals surface area contributed by atoms with Crippen LogP contribution in [-0.2, 0) is 28.8 Å². The summed E-state index contributed by atoms with van der Waals surface area (Å²) in [5, 5.41) is 25.7. The molecule has 0 aromatic rings. The van der Waals surface area contributed by atoms with Gasteiger partial charge in [0.2, 0.25) is 23.6 Å². The quantitative estimate of drug-likeness (QED) is 0.0683. The largest absolute Gasteiger partial charge is 0.481 e. The molecule has 0 aliphatic rings. The summed E-state index contributed by atoms with van der Waals surface area (Å²) in [4.78, 5) is 71.9. The number of carboxylic acid groups (broad SMARTS) is 2. The molecule has 0 saturated carbocycles. The third kappa shape index (κ3) is 15.4. The molecule has 0 bridgehead atoms. The highest BCUT2D eigenvalue weighted by atomic mass is 16.4. The fourth-order valence-electron chi connectivity index (χ4n) is 3.30. The Balaban J connectivity index is 5.53. The summed E-state index contributed by atoms with van der Waals surface area (Å²) < 4.78 is 0. The van der Waals surface area contributed by atoms with E-state index in [1.807, 2.05) is 0 Å². The minimum absolute atomic E-state index is 0.0840. The van der Waals surface area contributed by atoms with Crippen molar-refractivity contribution in [3.63, 3.8) is 0 Å². The number of rotatable bonds is 21. The van der Waals surface area contributed by atoms with Crippen LogP contribution < -0.4 is 38.9 Å². The van der Waals surface area contributed by atoms with Gasteiger partial charge in [-0.15, -0.1) is 0 Å². The van der Waals surface area contributed by atoms with Gasteiger partial charge in [0.25, 0.3) is 0 Å². The fraction of sp³-hybridized carbons (Fsp3) is 0.727. The van der Waals surface area contributed by atoms with Gasteiger partial charge in [-0.05, 0) is 64.5 Å². The van der Waals surface area contributed by atoms with E-state index in [-0.39, 0.29) is 32.1 Å². The maximum absolute atomic E-state index is 13.0. The van der Waals surface area contributed by atoms with Crippen molar-refractivity contribution < 1.29 is 39.0 Å². The van der Waals surface area contributed by atoms with Crippen molar-refractivity contribution in [2.45, 2.75) is 88.4 Å². The van der Waals surface area contributed by atoms with Gasteiger partial charge in [0.15, 0.2) is 0 Å². The van der Waals surface area contributed by atoms with Gasteiger partial charge in [-0.1, -0.05) is 0 Å². The number of carbonyl (C=O) groups excluding carboxylic acids is 4. The molecule has 4 atom stereocenters. The van der Waals surface area contributed by atoms with Gasteiger partial charge < -0.3 is 49.1 Å². The molecule has 15 nitrogen and oxygen atoms in total. The van der Waals surface area contributed by atoms with Gasteiger partial charge in [-0.3, -0.25) is 24.0 Å². The van der Waals surface area contributed by atoms with Crippen molar-refractivity contribution in [2.75, 3.05) is 13.1 Å². The molecule has 0 aliphatic heterocycles. The summed E-state index contributed by atoms with van der Waals surface area (Å²) in [6, 6.07) is -4.89. The average Bonchev–Trinajstić information content (AvgIpc) is 2.83. The van der Waals surface area contributed by atoms with Crippen LogP contribution in [0.15, 0.2) is 0 Å². The molecule has 15 heteroatoms. The second-order valence-corrected chi connectivity index (χ2v) is 8.63. The van der Waals surface area contributed by atoms with Gasteiger partial charge in [-0.25, -0.2) is 4.79 Å². The monoisotopic (exact) mass is 531 g/mol. The van der Waals surface area contributed by atoms with Crippen LogP contribution in [0.4, 0.5) is 0 Å². The molecule has 0 heterocycles. The molecule has 0 radical (unpaired) electrons. The minimum atomic E-state index is -1.35. The number of hydrogen-bond acceptors (Lipinski definition) is 9. The molecule has 4 unspecified atom stereocenters. The van der Waals surface area contributed by atoms with E-state index >= 15 is 0 Å². The summed E-state index contributed by atoms with van der Waals surface area (Å²) in [7, 11) is 0. The zero-order valence-electron chi connectivity index (χ0n) is 20.9. The number of nitrogens with two attached hydrogens (primary N) is 4. The molecule has 0 fully saturated rings. The first-order chi connectivity index (χ1) is 17.4. The van der Waals surface area contributed by atoms with E-state index in [0.29, 0.717) is 38.8 Å². The Bertz CT molecular complexity index is 780. The van der Waals surface area contributed by atoms with Crippen LogP contribution in [-0.4, -0.2) is 83.0 Å². The van der Waals surface area contributed by atoms with Crippen molar-refractivity contribution in [2.24, 2.45) is 22.9 Å². The molecule has 13 N–H and O–H groups in total. The van der Waals surface area contributed by atoms with Crippen LogP contribution in [0.2, 0.25) is 0 Å². The molecule has 0 aromatic heterocycles. The third-order valence-corrected chi connectivity index (χ3v) is 5.46. The number of carbonyl (C=O) groups is 6. The second kappa shape index (κ2) is 18.9. The van der Waals surface area contributed by atoms with Crippen LogP contribution in [0.1, 0.15) is 64.2 Å². The molecule has 0 saturated heterocycles. The number of carboxylic acids is 2. The predicted molar refractivity (Wildman–Crippen MR) is 133 cm³/mol. The van der Waals surface area contributed by atoms with Gasteiger partial charge in [0, 0.05) is 12.8 Å². The Morgan fingerprint density at radius 3 is 1.54 bits per heavy atom. The average molecular weight is 532 g/mol. The minimum Gasteiger partial charge on any atom is -0.481 e. The van der Waals surface area contributed by atoms with Crippen LogP contribution >= 0.6 is 0 Å². The lowest BCUT2D eigenvalue weighted by Gasteiger charge is -2.25. The summed E-state index contributed by atoms with van der Waals surface area (Å²) in [5.41, 5.74) is 21.7. The van der Waals surface area contributed by atoms with Crippen LogP contribution in [0.5, 0.6) is 0 Å². The normalized spacial score (nSPS) is 14.0. The van der Waals surface area contributed by atoms with E-state index in [2.05, 4.69) is 16.0 Å². The van der Waals surface area contributed by atoms with Gasteiger partial charge in [0.1, 0.15) is 18.1 Å². The summed E-state index contributed by atoms with van der Waals surface area (Å²) >= 11 is 0. The Kier molecular flexibility index (Phi) is 17.2. The highest BCUT2D eigenvalue weighted by Crippen LogP contribution is 2.07. The van der Waals surface area contributed by atoms with E-state index in [4.69, 9.17) is 28.0 Å². The first-order valence-electron chi connectivity index (χ1n) is 12.2. The van der Waals surface area contributed by atoms with Crippen molar-refractivity contribution >= 4 is 35.6 Å². The number of hydrogen-bond donors (Lipinski definition) is 9. The third-order valence-electron chi connectivity index (χ3n) is 5.46. The van der Waals surface area contributed by atoms with E-state index in [1.165, 1.54) is 0 Å². The summed E-state index contributed by atoms with van der Waals surface area (Å²) in [6.45, 7) is 0.702. The van der Waals surface area contributed by atoms with Crippen LogP contribution in [0, 0.1) is 0 Å². The Morgan fingerprint density at radius 2 is 1.08 bits per heavy atom. The maximum atomic E-state index is 13.0. The molecule has 0 aliphatic carbocycles. The van der Waals surface area contributed by atoms with Crippen LogP contribution in [0.3, 0.4) is 0 Å². The van der Waals surface area contributed by atoms with Crippen molar-refractivity contribution in [1.29, 1.82) is 0 Å². The molecule has 0 rings (SSSR count). The lowest BCUT2D eigenvalue weighted by atomic mass is 10.0. The fourth-order valence-corrected chi connectivity index (χ4v) is 3.30. The molecular weight excluding hydrogens is 490 g/mol. The number of primary amides is 1. The molecule has 0 spiro atoms. The molecule has 0 aromatic carbocycles. The highest BCUT2D eigenvalue weighted by molar-refractivity contribution is 5.94. The van der Waals surface area contributed by atoms with Gasteiger partial charge in [0.05, 0.1) is 6.04 Å².